The van der Waals surface area contributed by atoms with E-state index in [-0.39, 0.29) is 18.4 Å². The second-order valence-corrected chi connectivity index (χ2v) is 7.60. The van der Waals surface area contributed by atoms with Crippen molar-refractivity contribution in [3.8, 4) is 17.0 Å². The Balaban J connectivity index is 1.57. The molecule has 1 atom stereocenters. The quantitative estimate of drug-likeness (QED) is 0.601. The molecule has 2 aromatic heterocycles. The normalized spacial score (nSPS) is 17.9. The van der Waals surface area contributed by atoms with Crippen molar-refractivity contribution in [1.29, 1.82) is 0 Å². The lowest BCUT2D eigenvalue weighted by molar-refractivity contribution is 0.166. The van der Waals surface area contributed by atoms with Crippen LogP contribution in [0.2, 0.25) is 5.02 Å². The maximum absolute atomic E-state index is 10.3. The zero-order valence-corrected chi connectivity index (χ0v) is 16.4. The number of oxazole rings is 1. The monoisotopic (exact) mass is 402 g/mol. The highest BCUT2D eigenvalue weighted by Crippen LogP contribution is 2.35. The Labute approximate surface area is 168 Å². The van der Waals surface area contributed by atoms with Crippen molar-refractivity contribution in [2.24, 2.45) is 0 Å². The summed E-state index contributed by atoms with van der Waals surface area (Å²) in [5.74, 6) is 0.0878. The molecule has 0 unspecified atom stereocenters. The highest BCUT2D eigenvalue weighted by Gasteiger charge is 2.21. The van der Waals surface area contributed by atoms with Crippen LogP contribution in [0.4, 0.5) is 6.01 Å². The number of halogens is 1. The lowest BCUT2D eigenvalue weighted by atomic mass is 10.0. The number of hydrogen-bond donors (Lipinski definition) is 3. The standard InChI is InChI=1S/C20H23ClN4O3/c1-12-9-13(21)10-16(27)18(12)15-4-5-17-19(23-15)24-20(28-17)22-14-3-2-6-25(11-14)7-8-26/h4-5,9-10,14,26-27H,2-3,6-8,11H2,1H3,(H,22,23,24)/t14-/m1/s1. The number of nitrogens with one attached hydrogen (secondary N) is 1. The summed E-state index contributed by atoms with van der Waals surface area (Å²) in [6, 6.07) is 7.56. The van der Waals surface area contributed by atoms with Crippen molar-refractivity contribution in [2.45, 2.75) is 25.8 Å². The molecule has 0 saturated carbocycles. The van der Waals surface area contributed by atoms with Crippen molar-refractivity contribution in [3.05, 3.63) is 34.9 Å². The summed E-state index contributed by atoms with van der Waals surface area (Å²) in [6.07, 6.45) is 2.09. The van der Waals surface area contributed by atoms with Crippen molar-refractivity contribution in [1.82, 2.24) is 14.9 Å². The topological polar surface area (TPSA) is 94.7 Å². The maximum atomic E-state index is 10.3. The van der Waals surface area contributed by atoms with Gasteiger partial charge in [0, 0.05) is 29.7 Å². The predicted molar refractivity (Wildman–Crippen MR) is 109 cm³/mol. The van der Waals surface area contributed by atoms with Gasteiger partial charge in [-0.05, 0) is 56.1 Å². The Hall–Kier alpha value is -2.35. The molecule has 1 aliphatic heterocycles. The summed E-state index contributed by atoms with van der Waals surface area (Å²) in [7, 11) is 0. The van der Waals surface area contributed by atoms with Crippen molar-refractivity contribution in [2.75, 3.05) is 31.6 Å². The molecule has 1 aliphatic rings. The molecule has 0 spiro atoms. The van der Waals surface area contributed by atoms with E-state index in [0.717, 1.165) is 31.5 Å². The van der Waals surface area contributed by atoms with Gasteiger partial charge in [-0.15, -0.1) is 0 Å². The number of phenols is 1. The summed E-state index contributed by atoms with van der Waals surface area (Å²) in [6.45, 7) is 4.57. The van der Waals surface area contributed by atoms with Crippen molar-refractivity contribution < 1.29 is 14.6 Å². The highest BCUT2D eigenvalue weighted by atomic mass is 35.5. The first-order valence-corrected chi connectivity index (χ1v) is 9.78. The van der Waals surface area contributed by atoms with Crippen LogP contribution in [0.5, 0.6) is 5.75 Å². The fourth-order valence-corrected chi connectivity index (χ4v) is 4.04. The van der Waals surface area contributed by atoms with Gasteiger partial charge in [0.25, 0.3) is 6.01 Å². The molecule has 3 N–H and O–H groups in total. The number of piperidine rings is 1. The minimum Gasteiger partial charge on any atom is -0.507 e. The van der Waals surface area contributed by atoms with Crippen LogP contribution in [0, 0.1) is 6.92 Å². The molecule has 0 aliphatic carbocycles. The molecule has 0 radical (unpaired) electrons. The number of aryl methyl sites for hydroxylation is 1. The number of fused-ring (bicyclic) bond motifs is 1. The third kappa shape index (κ3) is 3.92. The number of phenolic OH excluding ortho intramolecular Hbond substituents is 1. The molecule has 148 valence electrons. The van der Waals surface area contributed by atoms with Crippen molar-refractivity contribution >= 4 is 28.8 Å². The number of β-amino-alcohol motifs (C(OH)–C–C–N with tert-alkyl or cyclic N) is 1. The smallest absolute Gasteiger partial charge is 0.297 e. The average Bonchev–Trinajstić information content (AvgIpc) is 3.03. The number of anilines is 1. The molecule has 4 rings (SSSR count). The summed E-state index contributed by atoms with van der Waals surface area (Å²) >= 11 is 6.00. The first kappa shape index (κ1) is 19.0. The Morgan fingerprint density at radius 3 is 2.96 bits per heavy atom. The predicted octanol–water partition coefficient (Wildman–Crippen LogP) is 3.43. The van der Waals surface area contributed by atoms with Gasteiger partial charge in [-0.25, -0.2) is 4.98 Å². The molecule has 0 amide bonds. The summed E-state index contributed by atoms with van der Waals surface area (Å²) in [4.78, 5) is 11.3. The lowest BCUT2D eigenvalue weighted by Crippen LogP contribution is -2.43. The molecular formula is C20H23ClN4O3. The molecule has 1 aromatic carbocycles. The summed E-state index contributed by atoms with van der Waals surface area (Å²) < 4.78 is 5.80. The van der Waals surface area contributed by atoms with Gasteiger partial charge in [-0.2, -0.15) is 4.98 Å². The highest BCUT2D eigenvalue weighted by molar-refractivity contribution is 6.31. The van der Waals surface area contributed by atoms with E-state index in [0.29, 0.717) is 40.1 Å². The fraction of sp³-hybridized carbons (Fsp3) is 0.400. The number of pyridine rings is 1. The molecule has 28 heavy (non-hydrogen) atoms. The van der Waals surface area contributed by atoms with Gasteiger partial charge >= 0.3 is 0 Å². The van der Waals surface area contributed by atoms with E-state index in [9.17, 15) is 5.11 Å². The number of aliphatic hydroxyl groups is 1. The van der Waals surface area contributed by atoms with E-state index in [2.05, 4.69) is 20.2 Å². The number of aromatic hydroxyl groups is 1. The number of hydrogen-bond acceptors (Lipinski definition) is 7. The van der Waals surface area contributed by atoms with Gasteiger partial charge in [-0.1, -0.05) is 11.6 Å². The Bertz CT molecular complexity index is 966. The van der Waals surface area contributed by atoms with Crippen LogP contribution in [-0.2, 0) is 0 Å². The van der Waals surface area contributed by atoms with Gasteiger partial charge in [-0.3, -0.25) is 4.90 Å². The molecule has 1 saturated heterocycles. The Morgan fingerprint density at radius 2 is 2.18 bits per heavy atom. The fourth-order valence-electron chi connectivity index (χ4n) is 3.77. The van der Waals surface area contributed by atoms with E-state index in [1.165, 1.54) is 6.07 Å². The summed E-state index contributed by atoms with van der Waals surface area (Å²) in [5.41, 5.74) is 3.16. The zero-order valence-electron chi connectivity index (χ0n) is 15.7. The number of benzene rings is 1. The third-order valence-corrected chi connectivity index (χ3v) is 5.26. The molecule has 0 bridgehead atoms. The van der Waals surface area contributed by atoms with Gasteiger partial charge < -0.3 is 19.9 Å². The van der Waals surface area contributed by atoms with E-state index < -0.39 is 0 Å². The van der Waals surface area contributed by atoms with Gasteiger partial charge in [0.1, 0.15) is 5.75 Å². The van der Waals surface area contributed by atoms with E-state index >= 15 is 0 Å². The molecule has 8 heteroatoms. The SMILES string of the molecule is Cc1cc(Cl)cc(O)c1-c1ccc2oc(N[C@@H]3CCCN(CCO)C3)nc2n1. The molecule has 7 nitrogen and oxygen atoms in total. The minimum absolute atomic E-state index is 0.0878. The van der Waals surface area contributed by atoms with Crippen LogP contribution in [0.25, 0.3) is 22.5 Å². The molecule has 3 heterocycles. The van der Waals surface area contributed by atoms with Crippen LogP contribution in [-0.4, -0.2) is 57.4 Å². The first-order chi connectivity index (χ1) is 13.5. The Morgan fingerprint density at radius 1 is 1.32 bits per heavy atom. The van der Waals surface area contributed by atoms with E-state index in [1.807, 2.05) is 13.0 Å². The first-order valence-electron chi connectivity index (χ1n) is 9.40. The van der Waals surface area contributed by atoms with Crippen molar-refractivity contribution in [3.63, 3.8) is 0 Å². The van der Waals surface area contributed by atoms with Gasteiger partial charge in [0.05, 0.1) is 12.3 Å². The number of aliphatic hydroxyl groups excluding tert-OH is 1. The molecular weight excluding hydrogens is 380 g/mol. The average molecular weight is 403 g/mol. The number of likely N-dealkylation sites (tertiary alicyclic amines) is 1. The largest absolute Gasteiger partial charge is 0.507 e. The van der Waals surface area contributed by atoms with Gasteiger partial charge in [0.2, 0.25) is 5.65 Å². The number of nitrogens with zero attached hydrogens (tertiary/aromatic N) is 3. The second kappa shape index (κ2) is 7.95. The molecule has 3 aromatic rings. The van der Waals surface area contributed by atoms with E-state index in [1.54, 1.807) is 12.1 Å². The van der Waals surface area contributed by atoms with Crippen LogP contribution in [0.3, 0.4) is 0 Å². The zero-order chi connectivity index (χ0) is 19.7. The van der Waals surface area contributed by atoms with Crippen LogP contribution in [0.1, 0.15) is 18.4 Å². The Kier molecular flexibility index (Phi) is 5.39. The lowest BCUT2D eigenvalue weighted by Gasteiger charge is -2.32. The van der Waals surface area contributed by atoms with E-state index in [4.69, 9.17) is 21.1 Å². The van der Waals surface area contributed by atoms with Crippen LogP contribution in [0.15, 0.2) is 28.7 Å². The second-order valence-electron chi connectivity index (χ2n) is 7.16. The van der Waals surface area contributed by atoms with Crippen LogP contribution >= 0.6 is 11.6 Å². The minimum atomic E-state index is 0.0878. The number of aromatic nitrogens is 2. The number of rotatable bonds is 5. The molecule has 1 fully saturated rings. The maximum Gasteiger partial charge on any atom is 0.297 e. The third-order valence-electron chi connectivity index (χ3n) is 5.04. The summed E-state index contributed by atoms with van der Waals surface area (Å²) in [5, 5.41) is 23.2. The van der Waals surface area contributed by atoms with Crippen LogP contribution < -0.4 is 5.32 Å². The van der Waals surface area contributed by atoms with Gasteiger partial charge in [0.15, 0.2) is 5.58 Å².